The van der Waals surface area contributed by atoms with Crippen LogP contribution in [0.4, 0.5) is 0 Å². The fourth-order valence-corrected chi connectivity index (χ4v) is 4.35. The van der Waals surface area contributed by atoms with Crippen molar-refractivity contribution in [2.75, 3.05) is 19.6 Å². The van der Waals surface area contributed by atoms with Crippen molar-refractivity contribution in [2.24, 2.45) is 5.10 Å². The third kappa shape index (κ3) is 8.17. The molecule has 0 aliphatic rings. The van der Waals surface area contributed by atoms with E-state index >= 15 is 0 Å². The molecular formula is C28H33BrN4O3. The van der Waals surface area contributed by atoms with Crippen molar-refractivity contribution < 1.29 is 14.0 Å². The third-order valence-corrected chi connectivity index (χ3v) is 6.38. The van der Waals surface area contributed by atoms with Gasteiger partial charge in [0, 0.05) is 22.1 Å². The Bertz CT molecular complexity index is 1140. The van der Waals surface area contributed by atoms with E-state index in [1.54, 1.807) is 12.1 Å². The average Bonchev–Trinajstić information content (AvgIpc) is 3.37. The van der Waals surface area contributed by atoms with E-state index in [1.807, 2.05) is 68.4 Å². The summed E-state index contributed by atoms with van der Waals surface area (Å²) in [6, 6.07) is 20.4. The monoisotopic (exact) mass is 552 g/mol. The molecule has 0 aliphatic heterocycles. The fraction of sp³-hybridized carbons (Fsp3) is 0.321. The van der Waals surface area contributed by atoms with Crippen LogP contribution < -0.4 is 10.7 Å². The Hall–Kier alpha value is -3.23. The first-order chi connectivity index (χ1) is 17.5. The molecule has 1 atom stereocenters. The van der Waals surface area contributed by atoms with E-state index in [-0.39, 0.29) is 17.9 Å². The second kappa shape index (κ2) is 14.4. The zero-order chi connectivity index (χ0) is 25.8. The third-order valence-electron chi connectivity index (χ3n) is 5.88. The van der Waals surface area contributed by atoms with Gasteiger partial charge in [0.1, 0.15) is 11.5 Å². The Labute approximate surface area is 221 Å². The van der Waals surface area contributed by atoms with Crippen LogP contribution >= 0.6 is 15.9 Å². The lowest BCUT2D eigenvalue weighted by Gasteiger charge is -2.27. The number of amides is 2. The second-order valence-electron chi connectivity index (χ2n) is 8.30. The Kier molecular flexibility index (Phi) is 10.9. The Morgan fingerprint density at radius 1 is 1.03 bits per heavy atom. The first-order valence-electron chi connectivity index (χ1n) is 12.3. The Morgan fingerprint density at radius 3 is 2.53 bits per heavy atom. The molecule has 1 unspecified atom stereocenters. The summed E-state index contributed by atoms with van der Waals surface area (Å²) in [5.74, 6) is 1.05. The van der Waals surface area contributed by atoms with Crippen LogP contribution in [0.2, 0.25) is 0 Å². The van der Waals surface area contributed by atoms with Crippen molar-refractivity contribution in [1.82, 2.24) is 15.6 Å². The smallest absolute Gasteiger partial charge is 0.257 e. The van der Waals surface area contributed by atoms with E-state index in [9.17, 15) is 9.59 Å². The number of nitrogens with one attached hydrogen (secondary N) is 2. The van der Waals surface area contributed by atoms with E-state index < -0.39 is 0 Å². The number of carbonyl (C=O) groups is 2. The molecule has 0 aliphatic carbocycles. The summed E-state index contributed by atoms with van der Waals surface area (Å²) in [5, 5.41) is 7.07. The SMILES string of the molecule is CCN(CC)C(CCCCNC(=O)c1ccccc1)C(=O)N/N=C/c1ccc(-c2cccc(Br)c2)o1. The molecule has 1 heterocycles. The van der Waals surface area contributed by atoms with Gasteiger partial charge in [-0.05, 0) is 68.8 Å². The van der Waals surface area contributed by atoms with Crippen molar-refractivity contribution in [1.29, 1.82) is 0 Å². The molecule has 7 nitrogen and oxygen atoms in total. The standard InChI is InChI=1S/C28H33BrN4O3/c1-3-33(4-2)25(15-8-9-18-30-27(34)21-11-6-5-7-12-21)28(35)32-31-20-24-16-17-26(36-24)22-13-10-14-23(29)19-22/h5-7,10-14,16-17,19-20,25H,3-4,8-9,15,18H2,1-2H3,(H,30,34)(H,32,35)/b31-20+. The maximum atomic E-state index is 12.9. The molecule has 2 amide bonds. The number of rotatable bonds is 13. The lowest BCUT2D eigenvalue weighted by Crippen LogP contribution is -2.45. The van der Waals surface area contributed by atoms with Crippen LogP contribution in [-0.4, -0.2) is 48.6 Å². The highest BCUT2D eigenvalue weighted by atomic mass is 79.9. The van der Waals surface area contributed by atoms with Gasteiger partial charge in [0.2, 0.25) is 0 Å². The summed E-state index contributed by atoms with van der Waals surface area (Å²) in [6.45, 7) is 6.17. The van der Waals surface area contributed by atoms with E-state index in [0.29, 0.717) is 24.3 Å². The molecule has 0 saturated carbocycles. The predicted octanol–water partition coefficient (Wildman–Crippen LogP) is 5.47. The molecule has 36 heavy (non-hydrogen) atoms. The lowest BCUT2D eigenvalue weighted by molar-refractivity contribution is -0.126. The molecule has 0 spiro atoms. The Morgan fingerprint density at radius 2 is 1.81 bits per heavy atom. The molecule has 3 rings (SSSR count). The van der Waals surface area contributed by atoms with E-state index in [4.69, 9.17) is 4.42 Å². The van der Waals surface area contributed by atoms with Gasteiger partial charge in [-0.3, -0.25) is 14.5 Å². The molecule has 0 saturated heterocycles. The molecule has 8 heteroatoms. The highest BCUT2D eigenvalue weighted by Gasteiger charge is 2.23. The van der Waals surface area contributed by atoms with Crippen LogP contribution in [0.3, 0.4) is 0 Å². The fourth-order valence-electron chi connectivity index (χ4n) is 3.95. The van der Waals surface area contributed by atoms with Gasteiger partial charge in [-0.2, -0.15) is 5.10 Å². The normalized spacial score (nSPS) is 12.1. The minimum absolute atomic E-state index is 0.0797. The second-order valence-corrected chi connectivity index (χ2v) is 9.22. The van der Waals surface area contributed by atoms with Crippen LogP contribution in [-0.2, 0) is 4.79 Å². The molecule has 2 aromatic carbocycles. The van der Waals surface area contributed by atoms with Crippen molar-refractivity contribution >= 4 is 34.0 Å². The van der Waals surface area contributed by atoms with E-state index in [1.165, 1.54) is 6.21 Å². The van der Waals surface area contributed by atoms with Gasteiger partial charge >= 0.3 is 0 Å². The lowest BCUT2D eigenvalue weighted by atomic mass is 10.1. The number of halogens is 1. The molecule has 1 aromatic heterocycles. The van der Waals surface area contributed by atoms with Crippen molar-refractivity contribution in [3.8, 4) is 11.3 Å². The molecule has 3 aromatic rings. The number of benzene rings is 2. The summed E-state index contributed by atoms with van der Waals surface area (Å²) >= 11 is 3.47. The largest absolute Gasteiger partial charge is 0.455 e. The maximum absolute atomic E-state index is 12.9. The van der Waals surface area contributed by atoms with Gasteiger partial charge in [-0.15, -0.1) is 0 Å². The highest BCUT2D eigenvalue weighted by Crippen LogP contribution is 2.24. The summed E-state index contributed by atoms with van der Waals surface area (Å²) in [4.78, 5) is 27.2. The quantitative estimate of drug-likeness (QED) is 0.167. The minimum Gasteiger partial charge on any atom is -0.455 e. The summed E-state index contributed by atoms with van der Waals surface area (Å²) < 4.78 is 6.81. The van der Waals surface area contributed by atoms with Crippen LogP contribution in [0.15, 0.2) is 80.7 Å². The molecule has 0 bridgehead atoms. The zero-order valence-corrected chi connectivity index (χ0v) is 22.3. The van der Waals surface area contributed by atoms with Crippen molar-refractivity contribution in [3.63, 3.8) is 0 Å². The zero-order valence-electron chi connectivity index (χ0n) is 20.7. The van der Waals surface area contributed by atoms with Crippen LogP contribution in [0.1, 0.15) is 49.2 Å². The van der Waals surface area contributed by atoms with Gasteiger partial charge in [0.15, 0.2) is 0 Å². The number of furan rings is 1. The van der Waals surface area contributed by atoms with Crippen molar-refractivity contribution in [3.05, 3.63) is 82.5 Å². The molecule has 2 N–H and O–H groups in total. The number of carbonyl (C=O) groups excluding carboxylic acids is 2. The molecule has 0 radical (unpaired) electrons. The highest BCUT2D eigenvalue weighted by molar-refractivity contribution is 9.10. The first kappa shape index (κ1) is 27.4. The first-order valence-corrected chi connectivity index (χ1v) is 13.1. The number of hydrogen-bond acceptors (Lipinski definition) is 5. The van der Waals surface area contributed by atoms with Gasteiger partial charge in [-0.25, -0.2) is 5.43 Å². The predicted molar refractivity (Wildman–Crippen MR) is 147 cm³/mol. The molecular weight excluding hydrogens is 520 g/mol. The molecule has 0 fully saturated rings. The van der Waals surface area contributed by atoms with E-state index in [0.717, 1.165) is 41.7 Å². The maximum Gasteiger partial charge on any atom is 0.257 e. The van der Waals surface area contributed by atoms with Crippen LogP contribution in [0.25, 0.3) is 11.3 Å². The number of nitrogens with zero attached hydrogens (tertiary/aromatic N) is 2. The van der Waals surface area contributed by atoms with Gasteiger partial charge in [0.05, 0.1) is 12.3 Å². The minimum atomic E-state index is -0.296. The van der Waals surface area contributed by atoms with Gasteiger partial charge in [-0.1, -0.05) is 60.1 Å². The summed E-state index contributed by atoms with van der Waals surface area (Å²) in [5.41, 5.74) is 4.27. The molecule has 190 valence electrons. The summed E-state index contributed by atoms with van der Waals surface area (Å²) in [7, 11) is 0. The van der Waals surface area contributed by atoms with Gasteiger partial charge in [0.25, 0.3) is 11.8 Å². The van der Waals surface area contributed by atoms with Gasteiger partial charge < -0.3 is 9.73 Å². The number of hydrazone groups is 1. The summed E-state index contributed by atoms with van der Waals surface area (Å²) in [6.07, 6.45) is 3.79. The number of likely N-dealkylation sites (N-methyl/N-ethyl adjacent to an activating group) is 1. The average molecular weight is 554 g/mol. The topological polar surface area (TPSA) is 86.9 Å². The van der Waals surface area contributed by atoms with E-state index in [2.05, 4.69) is 36.7 Å². The van der Waals surface area contributed by atoms with Crippen LogP contribution in [0.5, 0.6) is 0 Å². The van der Waals surface area contributed by atoms with Crippen molar-refractivity contribution in [2.45, 2.75) is 39.2 Å². The number of unbranched alkanes of at least 4 members (excludes halogenated alkanes) is 1. The Balaban J connectivity index is 1.49. The number of hydrogen-bond donors (Lipinski definition) is 2. The van der Waals surface area contributed by atoms with Crippen LogP contribution in [0, 0.1) is 0 Å².